The summed E-state index contributed by atoms with van der Waals surface area (Å²) in [5, 5.41) is 4.00. The van der Waals surface area contributed by atoms with Crippen LogP contribution in [0.15, 0.2) is 45.7 Å². The summed E-state index contributed by atoms with van der Waals surface area (Å²) in [6, 6.07) is 7.20. The predicted octanol–water partition coefficient (Wildman–Crippen LogP) is 2.25. The Bertz CT molecular complexity index is 857. The monoisotopic (exact) mass is 340 g/mol. The third kappa shape index (κ3) is 3.10. The van der Waals surface area contributed by atoms with E-state index >= 15 is 0 Å². The van der Waals surface area contributed by atoms with Crippen molar-refractivity contribution >= 4 is 5.91 Å². The van der Waals surface area contributed by atoms with Gasteiger partial charge in [0.1, 0.15) is 5.76 Å². The highest BCUT2D eigenvalue weighted by Crippen LogP contribution is 2.29. The van der Waals surface area contributed by atoms with Gasteiger partial charge in [-0.2, -0.15) is 4.98 Å². The maximum atomic E-state index is 12.2. The molecule has 4 rings (SSSR count). The molecule has 1 aliphatic heterocycles. The zero-order valence-electron chi connectivity index (χ0n) is 13.6. The van der Waals surface area contributed by atoms with Gasteiger partial charge < -0.3 is 18.6 Å². The molecule has 0 aromatic carbocycles. The average Bonchev–Trinajstić information content (AvgIpc) is 3.37. The second-order valence-electron chi connectivity index (χ2n) is 5.80. The number of aromatic nitrogens is 3. The Morgan fingerprint density at radius 3 is 3.00 bits per heavy atom. The molecule has 25 heavy (non-hydrogen) atoms. The molecule has 4 heterocycles. The van der Waals surface area contributed by atoms with Gasteiger partial charge in [-0.05, 0) is 18.2 Å². The number of carbonyl (C=O) groups excluding carboxylic acids is 1. The average molecular weight is 340 g/mol. The number of furan rings is 1. The highest BCUT2D eigenvalue weighted by molar-refractivity contribution is 5.79. The quantitative estimate of drug-likeness (QED) is 0.703. The fourth-order valence-corrected chi connectivity index (χ4v) is 2.83. The smallest absolute Gasteiger partial charge is 0.232 e. The first kappa shape index (κ1) is 15.4. The van der Waals surface area contributed by atoms with Gasteiger partial charge in [0.15, 0.2) is 0 Å². The lowest BCUT2D eigenvalue weighted by Crippen LogP contribution is -2.24. The van der Waals surface area contributed by atoms with Gasteiger partial charge in [0.25, 0.3) is 0 Å². The van der Waals surface area contributed by atoms with Crippen LogP contribution in [0.2, 0.25) is 0 Å². The van der Waals surface area contributed by atoms with Crippen LogP contribution < -0.4 is 4.74 Å². The van der Waals surface area contributed by atoms with E-state index < -0.39 is 0 Å². The van der Waals surface area contributed by atoms with Crippen molar-refractivity contribution in [3.63, 3.8) is 0 Å². The number of methoxy groups -OCH3 is 1. The summed E-state index contributed by atoms with van der Waals surface area (Å²) in [4.78, 5) is 22.5. The van der Waals surface area contributed by atoms with E-state index in [2.05, 4.69) is 15.1 Å². The molecule has 0 spiro atoms. The summed E-state index contributed by atoms with van der Waals surface area (Å²) in [6.45, 7) is 0.980. The van der Waals surface area contributed by atoms with Crippen LogP contribution in [0.1, 0.15) is 24.0 Å². The van der Waals surface area contributed by atoms with Crippen molar-refractivity contribution < 1.29 is 18.5 Å². The van der Waals surface area contributed by atoms with Crippen LogP contribution in [0.5, 0.6) is 5.88 Å². The SMILES string of the molecule is COc1ccc(-c2noc([C@@H]3CC(=O)N(Cc4ccco4)C3)n2)cn1. The summed E-state index contributed by atoms with van der Waals surface area (Å²) < 4.78 is 15.7. The van der Waals surface area contributed by atoms with Crippen LogP contribution in [0, 0.1) is 0 Å². The molecular formula is C17H16N4O4. The normalized spacial score (nSPS) is 17.2. The van der Waals surface area contributed by atoms with E-state index in [0.29, 0.717) is 37.1 Å². The molecule has 128 valence electrons. The molecule has 1 fully saturated rings. The minimum atomic E-state index is -0.116. The first-order chi connectivity index (χ1) is 12.2. The van der Waals surface area contributed by atoms with Crippen molar-refractivity contribution in [2.24, 2.45) is 0 Å². The third-order valence-electron chi connectivity index (χ3n) is 4.14. The summed E-state index contributed by atoms with van der Waals surface area (Å²) in [5.41, 5.74) is 0.729. The Kier molecular flexibility index (Phi) is 3.93. The Balaban J connectivity index is 1.47. The van der Waals surface area contributed by atoms with Gasteiger partial charge in [-0.1, -0.05) is 5.16 Å². The van der Waals surface area contributed by atoms with Crippen molar-refractivity contribution in [3.05, 3.63) is 48.4 Å². The van der Waals surface area contributed by atoms with E-state index in [1.165, 1.54) is 0 Å². The van der Waals surface area contributed by atoms with Gasteiger partial charge in [-0.15, -0.1) is 0 Å². The Morgan fingerprint density at radius 1 is 1.36 bits per heavy atom. The molecule has 3 aromatic rings. The van der Waals surface area contributed by atoms with Crippen molar-refractivity contribution in [1.82, 2.24) is 20.0 Å². The fourth-order valence-electron chi connectivity index (χ4n) is 2.83. The number of carbonyl (C=O) groups is 1. The topological polar surface area (TPSA) is 94.5 Å². The maximum absolute atomic E-state index is 12.2. The summed E-state index contributed by atoms with van der Waals surface area (Å²) in [7, 11) is 1.56. The van der Waals surface area contributed by atoms with Gasteiger partial charge in [0.05, 0.1) is 25.8 Å². The van der Waals surface area contributed by atoms with Gasteiger partial charge in [-0.25, -0.2) is 4.98 Å². The van der Waals surface area contributed by atoms with E-state index in [9.17, 15) is 4.79 Å². The van der Waals surface area contributed by atoms with Crippen LogP contribution in [0.4, 0.5) is 0 Å². The number of likely N-dealkylation sites (tertiary alicyclic amines) is 1. The molecule has 1 saturated heterocycles. The third-order valence-corrected chi connectivity index (χ3v) is 4.14. The lowest BCUT2D eigenvalue weighted by atomic mass is 10.1. The number of hydrogen-bond donors (Lipinski definition) is 0. The standard InChI is InChI=1S/C17H16N4O4/c1-23-14-5-4-11(8-18-14)16-19-17(25-20-16)12-7-15(22)21(9-12)10-13-3-2-6-24-13/h2-6,8,12H,7,9-10H2,1H3/t12-/m1/s1. The van der Waals surface area contributed by atoms with E-state index in [1.807, 2.05) is 12.1 Å². The molecule has 1 atom stereocenters. The van der Waals surface area contributed by atoms with Gasteiger partial charge in [0, 0.05) is 30.8 Å². The lowest BCUT2D eigenvalue weighted by molar-refractivity contribution is -0.128. The molecule has 0 saturated carbocycles. The zero-order chi connectivity index (χ0) is 17.2. The molecule has 3 aromatic heterocycles. The first-order valence-corrected chi connectivity index (χ1v) is 7.87. The maximum Gasteiger partial charge on any atom is 0.232 e. The summed E-state index contributed by atoms with van der Waals surface area (Å²) >= 11 is 0. The highest BCUT2D eigenvalue weighted by atomic mass is 16.5. The Labute approximate surface area is 143 Å². The lowest BCUT2D eigenvalue weighted by Gasteiger charge is -2.13. The Hall–Kier alpha value is -3.16. The first-order valence-electron chi connectivity index (χ1n) is 7.87. The van der Waals surface area contributed by atoms with Crippen molar-refractivity contribution in [2.45, 2.75) is 18.9 Å². The summed E-state index contributed by atoms with van der Waals surface area (Å²) in [6.07, 6.45) is 3.57. The predicted molar refractivity (Wildman–Crippen MR) is 85.6 cm³/mol. The van der Waals surface area contributed by atoms with E-state index in [0.717, 1.165) is 11.3 Å². The minimum absolute atomic E-state index is 0.0484. The molecular weight excluding hydrogens is 324 g/mol. The van der Waals surface area contributed by atoms with Crippen LogP contribution >= 0.6 is 0 Å². The molecule has 8 heteroatoms. The molecule has 0 unspecified atom stereocenters. The second-order valence-corrected chi connectivity index (χ2v) is 5.80. The van der Waals surface area contributed by atoms with Gasteiger partial charge >= 0.3 is 0 Å². The molecule has 1 aliphatic rings. The number of ether oxygens (including phenoxy) is 1. The van der Waals surface area contributed by atoms with E-state index in [1.54, 1.807) is 36.6 Å². The molecule has 0 aliphatic carbocycles. The van der Waals surface area contributed by atoms with Crippen LogP contribution in [0.3, 0.4) is 0 Å². The molecule has 0 bridgehead atoms. The number of hydrogen-bond acceptors (Lipinski definition) is 7. The molecule has 0 N–H and O–H groups in total. The van der Waals surface area contributed by atoms with Gasteiger partial charge in [-0.3, -0.25) is 4.79 Å². The number of nitrogens with zero attached hydrogens (tertiary/aromatic N) is 4. The van der Waals surface area contributed by atoms with Crippen LogP contribution in [-0.4, -0.2) is 39.6 Å². The van der Waals surface area contributed by atoms with Crippen molar-refractivity contribution in [2.75, 3.05) is 13.7 Å². The van der Waals surface area contributed by atoms with Gasteiger partial charge in [0.2, 0.25) is 23.5 Å². The largest absolute Gasteiger partial charge is 0.481 e. The van der Waals surface area contributed by atoms with E-state index in [-0.39, 0.29) is 11.8 Å². The van der Waals surface area contributed by atoms with Crippen molar-refractivity contribution in [1.29, 1.82) is 0 Å². The molecule has 8 nitrogen and oxygen atoms in total. The molecule has 0 radical (unpaired) electrons. The van der Waals surface area contributed by atoms with Crippen molar-refractivity contribution in [3.8, 4) is 17.3 Å². The van der Waals surface area contributed by atoms with Crippen LogP contribution in [0.25, 0.3) is 11.4 Å². The zero-order valence-corrected chi connectivity index (χ0v) is 13.6. The Morgan fingerprint density at radius 2 is 2.28 bits per heavy atom. The van der Waals surface area contributed by atoms with E-state index in [4.69, 9.17) is 13.7 Å². The highest BCUT2D eigenvalue weighted by Gasteiger charge is 2.34. The summed E-state index contributed by atoms with van der Waals surface area (Å²) in [5.74, 6) is 2.11. The minimum Gasteiger partial charge on any atom is -0.481 e. The molecule has 1 amide bonds. The number of rotatable bonds is 5. The fraction of sp³-hybridized carbons (Fsp3) is 0.294. The second kappa shape index (κ2) is 6.39. The number of pyridine rings is 1. The number of amides is 1. The van der Waals surface area contributed by atoms with Crippen LogP contribution in [-0.2, 0) is 11.3 Å².